The molecule has 0 saturated heterocycles. The van der Waals surface area contributed by atoms with Crippen molar-refractivity contribution in [2.24, 2.45) is 5.92 Å². The molecule has 0 aliphatic heterocycles. The van der Waals surface area contributed by atoms with E-state index in [4.69, 9.17) is 9.05 Å². The highest BCUT2D eigenvalue weighted by molar-refractivity contribution is 7.90. The van der Waals surface area contributed by atoms with Crippen molar-refractivity contribution in [2.45, 2.75) is 82.4 Å². The number of nitrogens with zero attached hydrogens (tertiary/aromatic N) is 3. The van der Waals surface area contributed by atoms with E-state index in [1.54, 1.807) is 0 Å². The third kappa shape index (κ3) is 5.93. The number of carbonyl (C=O) groups is 2. The van der Waals surface area contributed by atoms with Crippen LogP contribution in [0.4, 0.5) is 0 Å². The van der Waals surface area contributed by atoms with Crippen LogP contribution in [0, 0.1) is 19.8 Å². The van der Waals surface area contributed by atoms with Crippen molar-refractivity contribution in [1.29, 1.82) is 0 Å². The molecule has 1 atom stereocenters. The lowest BCUT2D eigenvalue weighted by Gasteiger charge is -2.21. The first kappa shape index (κ1) is 23.9. The van der Waals surface area contributed by atoms with E-state index in [2.05, 4.69) is 15.3 Å². The molecular weight excluding hydrogens is 440 g/mol. The van der Waals surface area contributed by atoms with Gasteiger partial charge in [0.25, 0.3) is 15.8 Å². The molecular formula is C20H28N4O7S. The van der Waals surface area contributed by atoms with E-state index >= 15 is 0 Å². The molecule has 1 fully saturated rings. The van der Waals surface area contributed by atoms with Crippen LogP contribution in [0.3, 0.4) is 0 Å². The molecule has 1 aliphatic carbocycles. The lowest BCUT2D eigenvalue weighted by molar-refractivity contribution is -0.137. The highest BCUT2D eigenvalue weighted by Gasteiger charge is 2.30. The van der Waals surface area contributed by atoms with Gasteiger partial charge in [0.1, 0.15) is 5.69 Å². The molecule has 2 N–H and O–H groups in total. The van der Waals surface area contributed by atoms with Crippen molar-refractivity contribution in [3.8, 4) is 0 Å². The third-order valence-corrected chi connectivity index (χ3v) is 7.34. The molecule has 2 heterocycles. The van der Waals surface area contributed by atoms with Gasteiger partial charge in [-0.15, -0.1) is 0 Å². The second kappa shape index (κ2) is 10.2. The first-order valence-electron chi connectivity index (χ1n) is 10.7. The highest BCUT2D eigenvalue weighted by atomic mass is 32.2. The van der Waals surface area contributed by atoms with Crippen LogP contribution in [0.15, 0.2) is 13.9 Å². The molecule has 1 amide bonds. The van der Waals surface area contributed by atoms with E-state index in [1.165, 1.54) is 46.0 Å². The van der Waals surface area contributed by atoms with Crippen LogP contribution in [0.1, 0.15) is 91.7 Å². The molecule has 12 heteroatoms. The normalized spacial score (nSPS) is 16.1. The average molecular weight is 469 g/mol. The van der Waals surface area contributed by atoms with Crippen molar-refractivity contribution in [3.63, 3.8) is 0 Å². The van der Waals surface area contributed by atoms with Gasteiger partial charge in [0.15, 0.2) is 10.7 Å². The summed E-state index contributed by atoms with van der Waals surface area (Å²) in [7, 11) is -4.25. The number of hydrogen-bond acceptors (Lipinski definition) is 9. The van der Waals surface area contributed by atoms with Crippen molar-refractivity contribution in [3.05, 3.63) is 23.2 Å². The Kier molecular flexibility index (Phi) is 7.64. The molecule has 2 aromatic heterocycles. The van der Waals surface area contributed by atoms with Gasteiger partial charge in [-0.1, -0.05) is 55.3 Å². The van der Waals surface area contributed by atoms with Crippen LogP contribution in [0.25, 0.3) is 0 Å². The van der Waals surface area contributed by atoms with Crippen molar-refractivity contribution < 1.29 is 32.2 Å². The zero-order valence-corrected chi connectivity index (χ0v) is 19.0. The lowest BCUT2D eigenvalue weighted by atomic mass is 9.84. The largest absolute Gasteiger partial charge is 0.481 e. The monoisotopic (exact) mass is 468 g/mol. The van der Waals surface area contributed by atoms with Gasteiger partial charge in [-0.05, 0) is 26.2 Å². The maximum atomic E-state index is 12.5. The maximum absolute atomic E-state index is 12.5. The van der Waals surface area contributed by atoms with Crippen molar-refractivity contribution >= 4 is 21.9 Å². The molecule has 176 valence electrons. The van der Waals surface area contributed by atoms with Gasteiger partial charge in [0.05, 0.1) is 6.42 Å². The summed E-state index contributed by atoms with van der Waals surface area (Å²) in [4.78, 5) is 27.5. The summed E-state index contributed by atoms with van der Waals surface area (Å²) in [6, 6.07) is 0. The van der Waals surface area contributed by atoms with Gasteiger partial charge >= 0.3 is 11.9 Å². The Labute approximate surface area is 186 Å². The standard InChI is InChI=1S/C20H28N4O7S/c1-12-17(13(2)30-22-12)32(28,29)24-19(27)18-21-20(31-23-18)15(11-16(25)26)10-6-9-14-7-4-3-5-8-14/h14-15H,3-11H2,1-2H3,(H,24,27)(H,25,26)/t15-/m1/s1. The number of sulfonamides is 1. The Morgan fingerprint density at radius 2 is 1.88 bits per heavy atom. The molecule has 0 radical (unpaired) electrons. The van der Waals surface area contributed by atoms with Gasteiger partial charge in [-0.2, -0.15) is 4.98 Å². The summed E-state index contributed by atoms with van der Waals surface area (Å²) < 4.78 is 36.8. The van der Waals surface area contributed by atoms with E-state index in [-0.39, 0.29) is 28.7 Å². The van der Waals surface area contributed by atoms with Crippen LogP contribution in [-0.2, 0) is 14.8 Å². The quantitative estimate of drug-likeness (QED) is 0.529. The molecule has 0 bridgehead atoms. The maximum Gasteiger partial charge on any atom is 0.306 e. The molecule has 0 aromatic carbocycles. The number of carbonyl (C=O) groups excluding carboxylic acids is 1. The number of aromatic nitrogens is 3. The summed E-state index contributed by atoms with van der Waals surface area (Å²) >= 11 is 0. The second-order valence-corrected chi connectivity index (χ2v) is 9.89. The molecule has 3 rings (SSSR count). The van der Waals surface area contributed by atoms with Gasteiger partial charge in [-0.25, -0.2) is 13.1 Å². The van der Waals surface area contributed by atoms with Crippen LogP contribution < -0.4 is 4.72 Å². The predicted molar refractivity (Wildman–Crippen MR) is 110 cm³/mol. The topological polar surface area (TPSA) is 165 Å². The first-order chi connectivity index (χ1) is 15.2. The number of nitrogens with one attached hydrogen (secondary N) is 1. The average Bonchev–Trinajstić information content (AvgIpc) is 3.34. The van der Waals surface area contributed by atoms with Gasteiger partial charge in [-0.3, -0.25) is 9.59 Å². The SMILES string of the molecule is Cc1noc(C)c1S(=O)(=O)NC(=O)c1noc([C@H](CCCC2CCCCC2)CC(=O)O)n1. The summed E-state index contributed by atoms with van der Waals surface area (Å²) in [5, 5.41) is 16.4. The fourth-order valence-corrected chi connectivity index (χ4v) is 5.50. The number of carboxylic acids is 1. The Morgan fingerprint density at radius 3 is 2.50 bits per heavy atom. The van der Waals surface area contributed by atoms with Gasteiger partial charge in [0.2, 0.25) is 5.89 Å². The Bertz CT molecular complexity index is 1030. The van der Waals surface area contributed by atoms with E-state index < -0.39 is 33.6 Å². The lowest BCUT2D eigenvalue weighted by Crippen LogP contribution is -2.32. The molecule has 0 unspecified atom stereocenters. The van der Waals surface area contributed by atoms with Crippen LogP contribution in [0.2, 0.25) is 0 Å². The third-order valence-electron chi connectivity index (χ3n) is 5.77. The number of hydrogen-bond donors (Lipinski definition) is 2. The van der Waals surface area contributed by atoms with E-state index in [9.17, 15) is 23.1 Å². The molecule has 0 spiro atoms. The van der Waals surface area contributed by atoms with E-state index in [0.29, 0.717) is 12.3 Å². The Hall–Kier alpha value is -2.76. The molecule has 1 aliphatic rings. The van der Waals surface area contributed by atoms with E-state index in [1.807, 2.05) is 4.72 Å². The minimum atomic E-state index is -4.25. The van der Waals surface area contributed by atoms with Crippen LogP contribution in [-0.4, -0.2) is 40.7 Å². The van der Waals surface area contributed by atoms with Crippen LogP contribution in [0.5, 0.6) is 0 Å². The highest BCUT2D eigenvalue weighted by Crippen LogP contribution is 2.31. The second-order valence-electron chi connectivity index (χ2n) is 8.27. The Morgan fingerprint density at radius 1 is 1.16 bits per heavy atom. The summed E-state index contributed by atoms with van der Waals surface area (Å²) in [5.74, 6) is -2.43. The Balaban J connectivity index is 1.66. The molecule has 32 heavy (non-hydrogen) atoms. The zero-order chi connectivity index (χ0) is 23.3. The molecule has 11 nitrogen and oxygen atoms in total. The smallest absolute Gasteiger partial charge is 0.306 e. The summed E-state index contributed by atoms with van der Waals surface area (Å²) in [6.07, 6.45) is 8.29. The van der Waals surface area contributed by atoms with Gasteiger partial charge < -0.3 is 14.2 Å². The zero-order valence-electron chi connectivity index (χ0n) is 18.2. The summed E-state index contributed by atoms with van der Waals surface area (Å²) in [5.41, 5.74) is 0.107. The van der Waals surface area contributed by atoms with Crippen molar-refractivity contribution in [2.75, 3.05) is 0 Å². The van der Waals surface area contributed by atoms with Crippen molar-refractivity contribution in [1.82, 2.24) is 20.0 Å². The minimum absolute atomic E-state index is 0.0101. The number of carboxylic acid groups (broad SMARTS) is 1. The molecule has 1 saturated carbocycles. The van der Waals surface area contributed by atoms with E-state index in [0.717, 1.165) is 12.8 Å². The number of amides is 1. The number of aliphatic carboxylic acids is 1. The fraction of sp³-hybridized carbons (Fsp3) is 0.650. The number of aryl methyl sites for hydroxylation is 2. The summed E-state index contributed by atoms with van der Waals surface area (Å²) in [6.45, 7) is 2.85. The molecule has 2 aromatic rings. The fourth-order valence-electron chi connectivity index (χ4n) is 4.22. The first-order valence-corrected chi connectivity index (χ1v) is 12.2. The predicted octanol–water partition coefficient (Wildman–Crippen LogP) is 3.10. The minimum Gasteiger partial charge on any atom is -0.481 e. The number of rotatable bonds is 10. The van der Waals surface area contributed by atoms with Crippen LogP contribution >= 0.6 is 0 Å². The van der Waals surface area contributed by atoms with Gasteiger partial charge in [0, 0.05) is 5.92 Å².